The quantitative estimate of drug-likeness (QED) is 0.354. The fourth-order valence-corrected chi connectivity index (χ4v) is 8.28. The molecule has 0 aliphatic carbocycles. The lowest BCUT2D eigenvalue weighted by atomic mass is 9.98. The number of carbonyl (C=O) groups excluding carboxylic acids is 3. The second kappa shape index (κ2) is 14.8. The van der Waals surface area contributed by atoms with E-state index in [1.807, 2.05) is 39.1 Å². The Labute approximate surface area is 289 Å². The minimum Gasteiger partial charge on any atom is -0.338 e. The zero-order valence-electron chi connectivity index (χ0n) is 29.0. The van der Waals surface area contributed by atoms with Crippen LogP contribution in [0.2, 0.25) is 0 Å². The molecule has 262 valence electrons. The highest BCUT2D eigenvalue weighted by molar-refractivity contribution is 5.91. The van der Waals surface area contributed by atoms with Crippen molar-refractivity contribution >= 4 is 34.6 Å². The third-order valence-electron chi connectivity index (χ3n) is 11.3. The highest BCUT2D eigenvalue weighted by atomic mass is 16.2. The van der Waals surface area contributed by atoms with Gasteiger partial charge in [-0.1, -0.05) is 31.2 Å². The molecule has 1 atom stereocenters. The van der Waals surface area contributed by atoms with Crippen molar-refractivity contribution in [2.45, 2.75) is 70.0 Å². The summed E-state index contributed by atoms with van der Waals surface area (Å²) in [5.41, 5.74) is 5.21. The van der Waals surface area contributed by atoms with Gasteiger partial charge in [0.25, 0.3) is 0 Å². The number of likely N-dealkylation sites (tertiary alicyclic amines) is 2. The van der Waals surface area contributed by atoms with Crippen LogP contribution >= 0.6 is 0 Å². The van der Waals surface area contributed by atoms with Crippen LogP contribution in [0.25, 0.3) is 10.9 Å². The fourth-order valence-electron chi connectivity index (χ4n) is 8.28. The van der Waals surface area contributed by atoms with Crippen molar-refractivity contribution < 1.29 is 14.4 Å². The lowest BCUT2D eigenvalue weighted by Gasteiger charge is -2.43. The normalized spacial score (nSPS) is 20.9. The summed E-state index contributed by atoms with van der Waals surface area (Å²) in [4.78, 5) is 51.9. The summed E-state index contributed by atoms with van der Waals surface area (Å²) in [6.45, 7) is 9.15. The summed E-state index contributed by atoms with van der Waals surface area (Å²) in [6, 6.07) is 11.9. The molecule has 4 aliphatic heterocycles. The van der Waals surface area contributed by atoms with Crippen molar-refractivity contribution in [1.29, 1.82) is 0 Å². The molecule has 0 bridgehead atoms. The van der Waals surface area contributed by atoms with E-state index in [1.165, 1.54) is 12.8 Å². The van der Waals surface area contributed by atoms with Crippen molar-refractivity contribution in [1.82, 2.24) is 40.0 Å². The van der Waals surface area contributed by atoms with Gasteiger partial charge in [-0.3, -0.25) is 14.8 Å². The van der Waals surface area contributed by atoms with E-state index in [1.54, 1.807) is 0 Å². The molecule has 0 radical (unpaired) electrons. The number of nitrogens with zero attached hydrogens (tertiary/aromatic N) is 6. The van der Waals surface area contributed by atoms with Gasteiger partial charge in [-0.25, -0.2) is 9.59 Å². The second-order valence-corrected chi connectivity index (χ2v) is 14.3. The summed E-state index contributed by atoms with van der Waals surface area (Å²) in [7, 11) is 2.19. The molecule has 1 aromatic heterocycles. The average molecular weight is 670 g/mol. The number of piperidine rings is 2. The van der Waals surface area contributed by atoms with E-state index in [0.29, 0.717) is 58.0 Å². The summed E-state index contributed by atoms with van der Waals surface area (Å²) >= 11 is 0. The number of amides is 5. The number of nitrogens with one attached hydrogen (secondary N) is 3. The van der Waals surface area contributed by atoms with Gasteiger partial charge in [0, 0.05) is 75.4 Å². The lowest BCUT2D eigenvalue weighted by Crippen LogP contribution is -2.59. The number of urea groups is 2. The Morgan fingerprint density at radius 3 is 2.41 bits per heavy atom. The number of benzene rings is 2. The Hall–Kier alpha value is -4.16. The first-order chi connectivity index (χ1) is 23.9. The first-order valence-electron chi connectivity index (χ1n) is 18.2. The number of aromatic amines is 1. The van der Waals surface area contributed by atoms with E-state index in [-0.39, 0.29) is 24.0 Å². The van der Waals surface area contributed by atoms with Gasteiger partial charge >= 0.3 is 12.1 Å². The maximum Gasteiger partial charge on any atom is 0.322 e. The predicted molar refractivity (Wildman–Crippen MR) is 191 cm³/mol. The van der Waals surface area contributed by atoms with Gasteiger partial charge in [0.15, 0.2) is 0 Å². The number of rotatable bonds is 7. The Balaban J connectivity index is 1.01. The molecule has 12 heteroatoms. The molecule has 3 saturated heterocycles. The summed E-state index contributed by atoms with van der Waals surface area (Å²) in [6.07, 6.45) is 7.63. The van der Waals surface area contributed by atoms with Crippen LogP contribution in [0.15, 0.2) is 42.6 Å². The number of anilines is 1. The van der Waals surface area contributed by atoms with Gasteiger partial charge in [0.05, 0.1) is 11.7 Å². The maximum absolute atomic E-state index is 14.2. The van der Waals surface area contributed by atoms with Gasteiger partial charge in [-0.2, -0.15) is 5.10 Å². The minimum absolute atomic E-state index is 0.0163. The molecule has 3 fully saturated rings. The number of piperazine rings is 1. The molecular formula is C37H51N9O3. The molecule has 7 rings (SSSR count). The van der Waals surface area contributed by atoms with Crippen LogP contribution in [0, 0.1) is 0 Å². The minimum atomic E-state index is -0.677. The molecule has 0 spiro atoms. The topological polar surface area (TPSA) is 120 Å². The van der Waals surface area contributed by atoms with Gasteiger partial charge in [-0.15, -0.1) is 0 Å². The van der Waals surface area contributed by atoms with Crippen LogP contribution in [-0.4, -0.2) is 137 Å². The summed E-state index contributed by atoms with van der Waals surface area (Å²) < 4.78 is 0. The number of carbonyl (C=O) groups is 3. The highest BCUT2D eigenvalue weighted by Gasteiger charge is 2.35. The van der Waals surface area contributed by atoms with Gasteiger partial charge in [0.2, 0.25) is 5.91 Å². The van der Waals surface area contributed by atoms with Crippen LogP contribution in [0.1, 0.15) is 49.3 Å². The standard InChI is InChI=1S/C37H51N9O3/c1-3-27-22-26(23-29-25-38-41-34(27)29)24-33(35(47)44-20-18-43(19-21-44)30-9-13-42(2)14-10-30)40-36(48)45-15-11-31(12-16-45)46-17-8-28-6-4-5-7-32(28)39-37(46)49/h4-7,22-23,25,30-31,33H,3,8-21,24H2,1-2H3,(H,38,41)(H,39,49)(H,40,48). The molecule has 3 aromatic rings. The van der Waals surface area contributed by atoms with Crippen molar-refractivity contribution in [2.24, 2.45) is 0 Å². The molecule has 3 N–H and O–H groups in total. The molecular weight excluding hydrogens is 618 g/mol. The zero-order chi connectivity index (χ0) is 33.9. The van der Waals surface area contributed by atoms with Crippen LogP contribution in [0.4, 0.5) is 15.3 Å². The largest absolute Gasteiger partial charge is 0.338 e. The summed E-state index contributed by atoms with van der Waals surface area (Å²) in [5, 5.41) is 14.6. The fraction of sp³-hybridized carbons (Fsp3) is 0.568. The Morgan fingerprint density at radius 1 is 0.918 bits per heavy atom. The first-order valence-corrected chi connectivity index (χ1v) is 18.2. The Bertz CT molecular complexity index is 1630. The predicted octanol–water partition coefficient (Wildman–Crippen LogP) is 3.54. The molecule has 4 aliphatic rings. The van der Waals surface area contributed by atoms with Crippen LogP contribution < -0.4 is 10.6 Å². The highest BCUT2D eigenvalue weighted by Crippen LogP contribution is 2.26. The number of aryl methyl sites for hydroxylation is 1. The summed E-state index contributed by atoms with van der Waals surface area (Å²) in [5.74, 6) is -0.0163. The molecule has 1 unspecified atom stereocenters. The third-order valence-corrected chi connectivity index (χ3v) is 11.3. The number of hydrogen-bond acceptors (Lipinski definition) is 6. The van der Waals surface area contributed by atoms with Crippen molar-refractivity contribution in [3.8, 4) is 0 Å². The van der Waals surface area contributed by atoms with Crippen molar-refractivity contribution in [3.63, 3.8) is 0 Å². The van der Waals surface area contributed by atoms with E-state index >= 15 is 0 Å². The smallest absolute Gasteiger partial charge is 0.322 e. The van der Waals surface area contributed by atoms with Crippen molar-refractivity contribution in [2.75, 3.05) is 71.3 Å². The van der Waals surface area contributed by atoms with Gasteiger partial charge in [0.1, 0.15) is 6.04 Å². The maximum atomic E-state index is 14.2. The molecule has 0 saturated carbocycles. The molecule has 5 amide bonds. The molecule has 5 heterocycles. The van der Waals surface area contributed by atoms with Crippen LogP contribution in [-0.2, 0) is 24.1 Å². The van der Waals surface area contributed by atoms with E-state index in [0.717, 1.165) is 72.3 Å². The van der Waals surface area contributed by atoms with Crippen LogP contribution in [0.3, 0.4) is 0 Å². The van der Waals surface area contributed by atoms with Gasteiger partial charge < -0.3 is 30.2 Å². The second-order valence-electron chi connectivity index (χ2n) is 14.3. The number of para-hydroxylation sites is 1. The van der Waals surface area contributed by atoms with E-state index in [4.69, 9.17) is 0 Å². The molecule has 49 heavy (non-hydrogen) atoms. The first kappa shape index (κ1) is 33.3. The molecule has 12 nitrogen and oxygen atoms in total. The number of fused-ring (bicyclic) bond motifs is 2. The third kappa shape index (κ3) is 7.40. The average Bonchev–Trinajstić information content (AvgIpc) is 3.54. The van der Waals surface area contributed by atoms with Crippen LogP contribution in [0.5, 0.6) is 0 Å². The van der Waals surface area contributed by atoms with Gasteiger partial charge in [-0.05, 0) is 87.5 Å². The lowest BCUT2D eigenvalue weighted by molar-refractivity contribution is -0.135. The Kier molecular flexibility index (Phi) is 10.0. The number of hydrogen-bond donors (Lipinski definition) is 3. The van der Waals surface area contributed by atoms with Crippen molar-refractivity contribution in [3.05, 3.63) is 59.3 Å². The van der Waals surface area contributed by atoms with E-state index in [2.05, 4.69) is 62.8 Å². The van der Waals surface area contributed by atoms with E-state index < -0.39 is 6.04 Å². The number of H-pyrrole nitrogens is 1. The number of aromatic nitrogens is 2. The Morgan fingerprint density at radius 2 is 1.65 bits per heavy atom. The van der Waals surface area contributed by atoms with E-state index in [9.17, 15) is 14.4 Å². The molecule has 2 aromatic carbocycles. The SMILES string of the molecule is CCc1cc(CC(NC(=O)N2CCC(N3CCc4ccccc4NC3=O)CC2)C(=O)N2CCN(C3CCN(C)CC3)CC2)cc2cn[nH]c12. The monoisotopic (exact) mass is 669 g/mol. The zero-order valence-corrected chi connectivity index (χ0v) is 29.0.